The van der Waals surface area contributed by atoms with Crippen LogP contribution in [0.15, 0.2) is 126 Å². The Bertz CT molecular complexity index is 2180. The van der Waals surface area contributed by atoms with Crippen LogP contribution in [0.3, 0.4) is 0 Å². The van der Waals surface area contributed by atoms with E-state index in [4.69, 9.17) is 12.2 Å². The van der Waals surface area contributed by atoms with E-state index in [1.807, 2.05) is 18.2 Å². The molecule has 224 valence electrons. The predicted octanol–water partition coefficient (Wildman–Crippen LogP) is 8.97. The van der Waals surface area contributed by atoms with Crippen LogP contribution >= 0.6 is 24.0 Å². The lowest BCUT2D eigenvalue weighted by atomic mass is 9.96. The number of benzene rings is 5. The Morgan fingerprint density at radius 3 is 2.00 bits per heavy atom. The normalized spacial score (nSPS) is 14.0. The highest BCUT2D eigenvalue weighted by atomic mass is 32.2. The Morgan fingerprint density at radius 2 is 1.37 bits per heavy atom. The number of hydrogen-bond donors (Lipinski definition) is 1. The molecule has 0 atom stereocenters. The number of carboxylic acids is 1. The standard InChI is InChI=1S/C39H28N2O3S2/c1-25-12-18-34-32(20-25)33-22-27(23-36-38(44)40(24-37(42)43)39(45)46-36)15-19-35(33)41(34)30-16-13-26(14-17-30)21-31(28-8-4-2-5-9-28)29-10-6-3-7-11-29/h2-23H,24H2,1H3,(H,42,43). The van der Waals surface area contributed by atoms with Gasteiger partial charge in [0.2, 0.25) is 0 Å². The molecule has 1 saturated heterocycles. The fourth-order valence-corrected chi connectivity index (χ4v) is 7.16. The SMILES string of the molecule is Cc1ccc2c(c1)c1cc(C=C3SC(=S)N(CC(=O)O)C3=O)ccc1n2-c1ccc(C=C(c2ccccc2)c2ccccc2)cc1. The second kappa shape index (κ2) is 12.3. The van der Waals surface area contributed by atoms with Crippen molar-refractivity contribution in [3.63, 3.8) is 0 Å². The summed E-state index contributed by atoms with van der Waals surface area (Å²) in [4.78, 5) is 25.7. The summed E-state index contributed by atoms with van der Waals surface area (Å²) in [6.07, 6.45) is 4.02. The molecule has 7 heteroatoms. The van der Waals surface area contributed by atoms with Gasteiger partial charge < -0.3 is 9.67 Å². The molecule has 5 aromatic carbocycles. The molecule has 1 aliphatic rings. The molecule has 46 heavy (non-hydrogen) atoms. The molecule has 0 unspecified atom stereocenters. The largest absolute Gasteiger partial charge is 0.480 e. The maximum atomic E-state index is 12.9. The van der Waals surface area contributed by atoms with Gasteiger partial charge in [0.05, 0.1) is 15.9 Å². The molecule has 0 aliphatic carbocycles. The Kier molecular flexibility index (Phi) is 7.86. The third kappa shape index (κ3) is 5.67. The van der Waals surface area contributed by atoms with Crippen molar-refractivity contribution in [3.05, 3.63) is 154 Å². The fourth-order valence-electron chi connectivity index (χ4n) is 5.90. The average molecular weight is 637 g/mol. The van der Waals surface area contributed by atoms with Crippen molar-refractivity contribution < 1.29 is 14.7 Å². The molecule has 2 heterocycles. The molecule has 0 radical (unpaired) electrons. The molecule has 0 saturated carbocycles. The second-order valence-electron chi connectivity index (χ2n) is 11.2. The summed E-state index contributed by atoms with van der Waals surface area (Å²) in [5.74, 6) is -1.48. The Balaban J connectivity index is 1.29. The number of amides is 1. The van der Waals surface area contributed by atoms with Gasteiger partial charge in [-0.15, -0.1) is 0 Å². The Morgan fingerprint density at radius 1 is 0.783 bits per heavy atom. The van der Waals surface area contributed by atoms with Crippen LogP contribution in [-0.4, -0.2) is 37.3 Å². The van der Waals surface area contributed by atoms with E-state index in [0.717, 1.165) is 77.5 Å². The lowest BCUT2D eigenvalue weighted by Gasteiger charge is -2.11. The summed E-state index contributed by atoms with van der Waals surface area (Å²) in [5.41, 5.74) is 9.77. The van der Waals surface area contributed by atoms with Crippen LogP contribution in [0.5, 0.6) is 0 Å². The van der Waals surface area contributed by atoms with Gasteiger partial charge in [0.25, 0.3) is 5.91 Å². The van der Waals surface area contributed by atoms with E-state index < -0.39 is 12.5 Å². The number of aliphatic carboxylic acids is 1. The summed E-state index contributed by atoms with van der Waals surface area (Å²) in [7, 11) is 0. The summed E-state index contributed by atoms with van der Waals surface area (Å²) >= 11 is 6.41. The smallest absolute Gasteiger partial charge is 0.323 e. The average Bonchev–Trinajstić information content (AvgIpc) is 3.52. The summed E-state index contributed by atoms with van der Waals surface area (Å²) in [5, 5.41) is 11.4. The highest BCUT2D eigenvalue weighted by molar-refractivity contribution is 8.26. The van der Waals surface area contributed by atoms with E-state index in [1.165, 1.54) is 0 Å². The molecular weight excluding hydrogens is 609 g/mol. The molecule has 7 rings (SSSR count). The van der Waals surface area contributed by atoms with E-state index in [1.54, 1.807) is 6.08 Å². The molecule has 1 N–H and O–H groups in total. The number of carbonyl (C=O) groups excluding carboxylic acids is 1. The summed E-state index contributed by atoms with van der Waals surface area (Å²) in [6.45, 7) is 1.64. The minimum Gasteiger partial charge on any atom is -0.480 e. The molecular formula is C39H28N2O3S2. The molecule has 0 spiro atoms. The number of rotatable bonds is 7. The van der Waals surface area contributed by atoms with E-state index in [9.17, 15) is 14.7 Å². The number of thioether (sulfide) groups is 1. The molecule has 5 nitrogen and oxygen atoms in total. The van der Waals surface area contributed by atoms with Gasteiger partial charge in [0.15, 0.2) is 0 Å². The van der Waals surface area contributed by atoms with Gasteiger partial charge in [-0.05, 0) is 83.3 Å². The molecule has 1 amide bonds. The molecule has 1 fully saturated rings. The predicted molar refractivity (Wildman–Crippen MR) is 193 cm³/mol. The number of fused-ring (bicyclic) bond motifs is 3. The quantitative estimate of drug-likeness (QED) is 0.108. The van der Waals surface area contributed by atoms with Crippen molar-refractivity contribution in [1.82, 2.24) is 9.47 Å². The van der Waals surface area contributed by atoms with Crippen LogP contribution < -0.4 is 0 Å². The zero-order valence-electron chi connectivity index (χ0n) is 24.9. The summed E-state index contributed by atoms with van der Waals surface area (Å²) in [6, 6.07) is 42.1. The van der Waals surface area contributed by atoms with Gasteiger partial charge in [-0.2, -0.15) is 0 Å². The first-order chi connectivity index (χ1) is 22.4. The number of hydrogen-bond acceptors (Lipinski definition) is 4. The first-order valence-corrected chi connectivity index (χ1v) is 16.0. The monoisotopic (exact) mass is 636 g/mol. The third-order valence-corrected chi connectivity index (χ3v) is 9.42. The van der Waals surface area contributed by atoms with E-state index in [-0.39, 0.29) is 10.2 Å². The molecule has 1 aromatic heterocycles. The van der Waals surface area contributed by atoms with Gasteiger partial charge in [-0.3, -0.25) is 14.5 Å². The van der Waals surface area contributed by atoms with E-state index in [0.29, 0.717) is 4.91 Å². The Hall–Kier alpha value is -5.24. The number of carbonyl (C=O) groups is 2. The van der Waals surface area contributed by atoms with Crippen molar-refractivity contribution >= 4 is 79.7 Å². The topological polar surface area (TPSA) is 62.5 Å². The van der Waals surface area contributed by atoms with Crippen LogP contribution in [0.4, 0.5) is 0 Å². The highest BCUT2D eigenvalue weighted by Gasteiger charge is 2.33. The van der Waals surface area contributed by atoms with Crippen LogP contribution in [0.1, 0.15) is 27.8 Å². The molecule has 6 aromatic rings. The van der Waals surface area contributed by atoms with Gasteiger partial charge in [0.1, 0.15) is 10.9 Å². The second-order valence-corrected chi connectivity index (χ2v) is 12.9. The van der Waals surface area contributed by atoms with Crippen LogP contribution in [0.2, 0.25) is 0 Å². The summed E-state index contributed by atoms with van der Waals surface area (Å²) < 4.78 is 2.52. The van der Waals surface area contributed by atoms with E-state index in [2.05, 4.69) is 121 Å². The minimum absolute atomic E-state index is 0.255. The maximum Gasteiger partial charge on any atom is 0.323 e. The molecule has 0 bridgehead atoms. The van der Waals surface area contributed by atoms with E-state index >= 15 is 0 Å². The van der Waals surface area contributed by atoms with Crippen LogP contribution in [0, 0.1) is 6.92 Å². The Labute approximate surface area is 276 Å². The van der Waals surface area contributed by atoms with Crippen molar-refractivity contribution in [2.45, 2.75) is 6.92 Å². The van der Waals surface area contributed by atoms with Crippen LogP contribution in [-0.2, 0) is 9.59 Å². The molecule has 1 aliphatic heterocycles. The van der Waals surface area contributed by atoms with Crippen molar-refractivity contribution in [2.24, 2.45) is 0 Å². The lowest BCUT2D eigenvalue weighted by Crippen LogP contribution is -2.33. The zero-order valence-corrected chi connectivity index (χ0v) is 26.5. The van der Waals surface area contributed by atoms with Crippen LogP contribution in [0.25, 0.3) is 45.2 Å². The van der Waals surface area contributed by atoms with Crippen molar-refractivity contribution in [3.8, 4) is 5.69 Å². The van der Waals surface area contributed by atoms with Crippen molar-refractivity contribution in [2.75, 3.05) is 6.54 Å². The zero-order chi connectivity index (χ0) is 31.8. The fraction of sp³-hybridized carbons (Fsp3) is 0.0513. The number of carboxylic acid groups (broad SMARTS) is 1. The van der Waals surface area contributed by atoms with Gasteiger partial charge in [-0.25, -0.2) is 0 Å². The van der Waals surface area contributed by atoms with Gasteiger partial charge in [0, 0.05) is 16.5 Å². The lowest BCUT2D eigenvalue weighted by molar-refractivity contribution is -0.140. The van der Waals surface area contributed by atoms with Gasteiger partial charge in [-0.1, -0.05) is 114 Å². The van der Waals surface area contributed by atoms with Gasteiger partial charge >= 0.3 is 5.97 Å². The van der Waals surface area contributed by atoms with Crippen molar-refractivity contribution in [1.29, 1.82) is 0 Å². The number of thiocarbonyl (C=S) groups is 1. The highest BCUT2D eigenvalue weighted by Crippen LogP contribution is 2.36. The minimum atomic E-state index is -1.10. The number of aryl methyl sites for hydroxylation is 1. The third-order valence-electron chi connectivity index (χ3n) is 8.04. The first kappa shape index (κ1) is 29.5. The first-order valence-electron chi connectivity index (χ1n) is 14.8. The number of nitrogens with zero attached hydrogens (tertiary/aromatic N) is 2. The maximum absolute atomic E-state index is 12.9. The number of aromatic nitrogens is 1.